The lowest BCUT2D eigenvalue weighted by Gasteiger charge is -2.27. The van der Waals surface area contributed by atoms with Crippen molar-refractivity contribution in [1.82, 2.24) is 0 Å². The summed E-state index contributed by atoms with van der Waals surface area (Å²) in [5, 5.41) is 10.6. The van der Waals surface area contributed by atoms with Crippen LogP contribution in [0.5, 0.6) is 0 Å². The van der Waals surface area contributed by atoms with Gasteiger partial charge in [0.1, 0.15) is 0 Å². The Hall–Kier alpha value is -5.20. The maximum Gasteiger partial charge on any atom is -0.00204 e. The molecule has 0 heterocycles. The van der Waals surface area contributed by atoms with Gasteiger partial charge in [0.25, 0.3) is 0 Å². The van der Waals surface area contributed by atoms with E-state index in [0.717, 1.165) is 0 Å². The van der Waals surface area contributed by atoms with Crippen LogP contribution in [0.4, 0.5) is 0 Å². The molecule has 0 amide bonds. The van der Waals surface area contributed by atoms with Gasteiger partial charge in [-0.25, -0.2) is 0 Å². The van der Waals surface area contributed by atoms with Crippen molar-refractivity contribution in [2.75, 3.05) is 0 Å². The van der Waals surface area contributed by atoms with Crippen molar-refractivity contribution in [3.8, 4) is 44.5 Å². The van der Waals surface area contributed by atoms with Gasteiger partial charge in [0.05, 0.1) is 0 Å². The van der Waals surface area contributed by atoms with E-state index in [0.29, 0.717) is 0 Å². The standard InChI is InChI=1S/C44H32/c1-44(2,3)43-38-17-7-6-16-35(38)42(33-18-8-12-27-11-4-5-15-31(27)33)37-24-22-30(26-40(37)43)29-21-23-32-34-19-9-13-28-14-10-20-36(41(28)34)39(32)25-29/h4-26H,1-3H3. The summed E-state index contributed by atoms with van der Waals surface area (Å²) in [7, 11) is 0. The average molecular weight is 561 g/mol. The predicted molar refractivity (Wildman–Crippen MR) is 190 cm³/mol. The predicted octanol–water partition coefficient (Wildman–Crippen LogP) is 12.6. The van der Waals surface area contributed by atoms with Crippen LogP contribution in [-0.4, -0.2) is 0 Å². The van der Waals surface area contributed by atoms with Gasteiger partial charge in [-0.3, -0.25) is 0 Å². The molecule has 0 spiro atoms. The van der Waals surface area contributed by atoms with E-state index in [1.807, 2.05) is 0 Å². The monoisotopic (exact) mass is 560 g/mol. The van der Waals surface area contributed by atoms with Gasteiger partial charge in [-0.1, -0.05) is 148 Å². The molecule has 0 aliphatic heterocycles. The van der Waals surface area contributed by atoms with Gasteiger partial charge in [-0.2, -0.15) is 0 Å². The Morgan fingerprint density at radius 1 is 0.364 bits per heavy atom. The molecule has 0 fully saturated rings. The van der Waals surface area contributed by atoms with E-state index in [2.05, 4.69) is 160 Å². The first-order chi connectivity index (χ1) is 21.5. The number of hydrogen-bond donors (Lipinski definition) is 0. The number of fused-ring (bicyclic) bond motifs is 6. The summed E-state index contributed by atoms with van der Waals surface area (Å²) in [5.41, 5.74) is 11.9. The fourth-order valence-electron chi connectivity index (χ4n) is 7.87. The Kier molecular flexibility index (Phi) is 5.26. The van der Waals surface area contributed by atoms with Crippen LogP contribution in [0, 0.1) is 0 Å². The summed E-state index contributed by atoms with van der Waals surface area (Å²) in [6, 6.07) is 52.1. The summed E-state index contributed by atoms with van der Waals surface area (Å²) in [6.45, 7) is 7.06. The van der Waals surface area contributed by atoms with Crippen LogP contribution < -0.4 is 0 Å². The quantitative estimate of drug-likeness (QED) is 0.184. The van der Waals surface area contributed by atoms with Crippen molar-refractivity contribution in [1.29, 1.82) is 0 Å². The normalized spacial score (nSPS) is 12.4. The van der Waals surface area contributed by atoms with E-state index >= 15 is 0 Å². The summed E-state index contributed by atoms with van der Waals surface area (Å²) in [5.74, 6) is 0. The minimum Gasteiger partial charge on any atom is -0.0616 e. The molecule has 1 aliphatic carbocycles. The first kappa shape index (κ1) is 25.3. The molecule has 8 aromatic carbocycles. The Bertz CT molecular complexity index is 2460. The van der Waals surface area contributed by atoms with Crippen molar-refractivity contribution >= 4 is 43.1 Å². The van der Waals surface area contributed by atoms with E-state index in [9.17, 15) is 0 Å². The molecule has 0 bridgehead atoms. The van der Waals surface area contributed by atoms with E-state index in [4.69, 9.17) is 0 Å². The molecular weight excluding hydrogens is 528 g/mol. The first-order valence-corrected chi connectivity index (χ1v) is 15.6. The van der Waals surface area contributed by atoms with Crippen LogP contribution in [0.2, 0.25) is 0 Å². The van der Waals surface area contributed by atoms with E-state index in [1.165, 1.54) is 93.2 Å². The largest absolute Gasteiger partial charge is 0.0616 e. The van der Waals surface area contributed by atoms with Gasteiger partial charge in [0, 0.05) is 0 Å². The third kappa shape index (κ3) is 3.58. The summed E-state index contributed by atoms with van der Waals surface area (Å²) in [4.78, 5) is 0. The van der Waals surface area contributed by atoms with Gasteiger partial charge in [0.2, 0.25) is 0 Å². The second-order valence-corrected chi connectivity index (χ2v) is 13.3. The van der Waals surface area contributed by atoms with E-state index < -0.39 is 0 Å². The molecule has 1 aliphatic rings. The van der Waals surface area contributed by atoms with Crippen LogP contribution in [0.3, 0.4) is 0 Å². The van der Waals surface area contributed by atoms with Crippen LogP contribution in [-0.2, 0) is 5.41 Å². The Balaban J connectivity index is 1.34. The molecular formula is C44H32. The van der Waals surface area contributed by atoms with Gasteiger partial charge in [0.15, 0.2) is 0 Å². The lowest BCUT2D eigenvalue weighted by Crippen LogP contribution is -2.13. The fourth-order valence-corrected chi connectivity index (χ4v) is 7.87. The molecule has 0 aromatic heterocycles. The molecule has 8 aromatic rings. The number of hydrogen-bond acceptors (Lipinski definition) is 0. The molecule has 44 heavy (non-hydrogen) atoms. The summed E-state index contributed by atoms with van der Waals surface area (Å²) in [6.07, 6.45) is 0. The molecule has 0 saturated carbocycles. The highest BCUT2D eigenvalue weighted by Gasteiger charge is 2.25. The molecule has 0 nitrogen and oxygen atoms in total. The minimum atomic E-state index is -0.0387. The highest BCUT2D eigenvalue weighted by atomic mass is 14.3. The molecule has 0 unspecified atom stereocenters. The zero-order chi connectivity index (χ0) is 29.6. The Morgan fingerprint density at radius 3 is 1.70 bits per heavy atom. The molecule has 0 N–H and O–H groups in total. The average Bonchev–Trinajstić information content (AvgIpc) is 3.37. The lowest BCUT2D eigenvalue weighted by molar-refractivity contribution is 0.601. The molecule has 208 valence electrons. The molecule has 0 heteroatoms. The third-order valence-electron chi connectivity index (χ3n) is 9.67. The third-order valence-corrected chi connectivity index (χ3v) is 9.67. The molecule has 0 radical (unpaired) electrons. The van der Waals surface area contributed by atoms with Crippen molar-refractivity contribution in [3.63, 3.8) is 0 Å². The van der Waals surface area contributed by atoms with Crippen LogP contribution in [0.1, 0.15) is 26.3 Å². The Labute approximate surface area is 258 Å². The van der Waals surface area contributed by atoms with Crippen molar-refractivity contribution < 1.29 is 0 Å². The highest BCUT2D eigenvalue weighted by molar-refractivity contribution is 6.20. The second kappa shape index (κ2) is 9.15. The maximum absolute atomic E-state index is 2.46. The SMILES string of the molecule is CC(C)(C)c1c2ccccc2c(-c2cccc3ccccc23)c2ccc(-c3ccc4c(c3)-c3cccc5cccc-4c35)cc12. The Morgan fingerprint density at radius 2 is 0.932 bits per heavy atom. The molecule has 9 rings (SSSR count). The van der Waals surface area contributed by atoms with E-state index in [-0.39, 0.29) is 5.41 Å². The minimum absolute atomic E-state index is 0.0387. The summed E-state index contributed by atoms with van der Waals surface area (Å²) >= 11 is 0. The van der Waals surface area contributed by atoms with Gasteiger partial charge < -0.3 is 0 Å². The second-order valence-electron chi connectivity index (χ2n) is 13.3. The van der Waals surface area contributed by atoms with Gasteiger partial charge in [-0.15, -0.1) is 0 Å². The fraction of sp³-hybridized carbons (Fsp3) is 0.0909. The maximum atomic E-state index is 2.46. The molecule has 0 saturated heterocycles. The first-order valence-electron chi connectivity index (χ1n) is 15.6. The summed E-state index contributed by atoms with van der Waals surface area (Å²) < 4.78 is 0. The van der Waals surface area contributed by atoms with Gasteiger partial charge in [-0.05, 0) is 111 Å². The smallest absolute Gasteiger partial charge is 0.00204 e. The zero-order valence-corrected chi connectivity index (χ0v) is 25.3. The van der Waals surface area contributed by atoms with Crippen molar-refractivity contribution in [2.45, 2.75) is 26.2 Å². The topological polar surface area (TPSA) is 0 Å². The lowest BCUT2D eigenvalue weighted by atomic mass is 9.77. The zero-order valence-electron chi connectivity index (χ0n) is 25.3. The van der Waals surface area contributed by atoms with Crippen molar-refractivity contribution in [3.05, 3.63) is 145 Å². The van der Waals surface area contributed by atoms with Crippen LogP contribution in [0.25, 0.3) is 87.6 Å². The van der Waals surface area contributed by atoms with Crippen molar-refractivity contribution in [2.24, 2.45) is 0 Å². The van der Waals surface area contributed by atoms with Crippen LogP contribution in [0.15, 0.2) is 140 Å². The van der Waals surface area contributed by atoms with Crippen LogP contribution >= 0.6 is 0 Å². The molecule has 0 atom stereocenters. The van der Waals surface area contributed by atoms with Gasteiger partial charge >= 0.3 is 0 Å². The number of benzene rings is 8. The van der Waals surface area contributed by atoms with E-state index in [1.54, 1.807) is 0 Å². The highest BCUT2D eigenvalue weighted by Crippen LogP contribution is 2.49. The number of rotatable bonds is 2.